The molecular weight excluding hydrogens is 382 g/mol. The minimum absolute atomic E-state index is 0.239. The molecule has 6 heteroatoms. The Bertz CT molecular complexity index is 995. The van der Waals surface area contributed by atoms with E-state index in [9.17, 15) is 9.59 Å². The van der Waals surface area contributed by atoms with Crippen molar-refractivity contribution in [1.29, 1.82) is 0 Å². The van der Waals surface area contributed by atoms with E-state index in [0.717, 1.165) is 11.1 Å². The summed E-state index contributed by atoms with van der Waals surface area (Å²) in [6.07, 6.45) is 0.681. The molecule has 1 N–H and O–H groups in total. The van der Waals surface area contributed by atoms with Crippen LogP contribution in [0.15, 0.2) is 72.8 Å². The van der Waals surface area contributed by atoms with E-state index in [2.05, 4.69) is 5.32 Å². The summed E-state index contributed by atoms with van der Waals surface area (Å²) in [5.74, 6) is -0.139. The number of carbonyl (C=O) groups is 2. The number of methoxy groups -OCH3 is 2. The molecule has 0 spiro atoms. The van der Waals surface area contributed by atoms with Gasteiger partial charge >= 0.3 is 5.97 Å². The van der Waals surface area contributed by atoms with E-state index in [4.69, 9.17) is 14.2 Å². The van der Waals surface area contributed by atoms with E-state index < -0.39 is 18.5 Å². The van der Waals surface area contributed by atoms with Crippen molar-refractivity contribution in [3.05, 3.63) is 89.5 Å². The molecule has 0 aliphatic heterocycles. The number of ether oxygens (including phenoxy) is 3. The highest BCUT2D eigenvalue weighted by atomic mass is 16.5. The molecule has 0 atom stereocenters. The molecule has 6 nitrogen and oxygen atoms in total. The minimum Gasteiger partial charge on any atom is -0.497 e. The fourth-order valence-corrected chi connectivity index (χ4v) is 2.94. The van der Waals surface area contributed by atoms with Gasteiger partial charge in [-0.3, -0.25) is 4.79 Å². The van der Waals surface area contributed by atoms with Gasteiger partial charge in [-0.15, -0.1) is 0 Å². The normalized spacial score (nSPS) is 10.2. The minimum atomic E-state index is -0.639. The Morgan fingerprint density at radius 1 is 0.833 bits per heavy atom. The first kappa shape index (κ1) is 20.9. The van der Waals surface area contributed by atoms with Crippen molar-refractivity contribution in [3.8, 4) is 11.5 Å². The van der Waals surface area contributed by atoms with Crippen molar-refractivity contribution in [3.63, 3.8) is 0 Å². The van der Waals surface area contributed by atoms with E-state index in [1.54, 1.807) is 6.07 Å². The van der Waals surface area contributed by atoms with Crippen molar-refractivity contribution < 1.29 is 23.8 Å². The zero-order valence-electron chi connectivity index (χ0n) is 16.9. The van der Waals surface area contributed by atoms with Crippen molar-refractivity contribution in [2.24, 2.45) is 0 Å². The maximum atomic E-state index is 12.4. The van der Waals surface area contributed by atoms with Crippen LogP contribution < -0.4 is 14.8 Å². The van der Waals surface area contributed by atoms with Crippen LogP contribution in [0.25, 0.3) is 0 Å². The highest BCUT2D eigenvalue weighted by molar-refractivity contribution is 5.96. The molecule has 0 aliphatic carbocycles. The number of esters is 1. The van der Waals surface area contributed by atoms with Crippen LogP contribution in [0.3, 0.4) is 0 Å². The molecule has 0 unspecified atom stereocenters. The van der Waals surface area contributed by atoms with Crippen LogP contribution in [0.4, 0.5) is 5.69 Å². The molecule has 30 heavy (non-hydrogen) atoms. The van der Waals surface area contributed by atoms with Crippen LogP contribution in [0.5, 0.6) is 11.5 Å². The average molecular weight is 405 g/mol. The lowest BCUT2D eigenvalue weighted by Gasteiger charge is -2.12. The predicted molar refractivity (Wildman–Crippen MR) is 114 cm³/mol. The van der Waals surface area contributed by atoms with Gasteiger partial charge in [-0.2, -0.15) is 0 Å². The molecule has 3 rings (SSSR count). The van der Waals surface area contributed by atoms with E-state index in [1.165, 1.54) is 26.4 Å². The molecule has 0 bridgehead atoms. The third-order valence-electron chi connectivity index (χ3n) is 4.45. The predicted octanol–water partition coefficient (Wildman–Crippen LogP) is 4.09. The second-order valence-corrected chi connectivity index (χ2v) is 6.55. The number of hydrogen-bond donors (Lipinski definition) is 1. The molecule has 0 saturated carbocycles. The molecule has 3 aromatic rings. The van der Waals surface area contributed by atoms with Gasteiger partial charge in [-0.05, 0) is 35.7 Å². The quantitative estimate of drug-likeness (QED) is 0.572. The summed E-state index contributed by atoms with van der Waals surface area (Å²) in [6, 6.07) is 22.2. The summed E-state index contributed by atoms with van der Waals surface area (Å²) in [4.78, 5) is 24.7. The van der Waals surface area contributed by atoms with Gasteiger partial charge in [0.25, 0.3) is 5.91 Å². The molecule has 0 fully saturated rings. The van der Waals surface area contributed by atoms with Crippen LogP contribution in [0.2, 0.25) is 0 Å². The molecule has 3 aromatic carbocycles. The number of para-hydroxylation sites is 1. The van der Waals surface area contributed by atoms with E-state index in [0.29, 0.717) is 23.6 Å². The van der Waals surface area contributed by atoms with Gasteiger partial charge in [0.1, 0.15) is 11.5 Å². The second-order valence-electron chi connectivity index (χ2n) is 6.55. The van der Waals surface area contributed by atoms with Gasteiger partial charge in [0.05, 0.1) is 19.8 Å². The zero-order valence-corrected chi connectivity index (χ0v) is 16.9. The Labute approximate surface area is 175 Å². The maximum absolute atomic E-state index is 12.4. The number of anilines is 1. The Morgan fingerprint density at radius 3 is 2.13 bits per heavy atom. The lowest BCUT2D eigenvalue weighted by atomic mass is 10.0. The Kier molecular flexibility index (Phi) is 7.05. The highest BCUT2D eigenvalue weighted by Crippen LogP contribution is 2.23. The van der Waals surface area contributed by atoms with Crippen molar-refractivity contribution >= 4 is 17.6 Å². The van der Waals surface area contributed by atoms with E-state index in [1.807, 2.05) is 54.6 Å². The van der Waals surface area contributed by atoms with Crippen molar-refractivity contribution in [2.45, 2.75) is 6.42 Å². The Hall–Kier alpha value is -3.80. The number of hydrogen-bond acceptors (Lipinski definition) is 5. The molecule has 154 valence electrons. The van der Waals surface area contributed by atoms with Crippen LogP contribution in [-0.2, 0) is 16.0 Å². The third kappa shape index (κ3) is 5.61. The van der Waals surface area contributed by atoms with Crippen molar-refractivity contribution in [1.82, 2.24) is 0 Å². The van der Waals surface area contributed by atoms with Gasteiger partial charge < -0.3 is 19.5 Å². The van der Waals surface area contributed by atoms with Gasteiger partial charge in [0.2, 0.25) is 0 Å². The summed E-state index contributed by atoms with van der Waals surface area (Å²) >= 11 is 0. The number of amides is 1. The average Bonchev–Trinajstić information content (AvgIpc) is 2.79. The Balaban J connectivity index is 1.62. The Morgan fingerprint density at radius 2 is 1.47 bits per heavy atom. The van der Waals surface area contributed by atoms with Gasteiger partial charge in [-0.25, -0.2) is 4.79 Å². The molecule has 0 heterocycles. The van der Waals surface area contributed by atoms with Gasteiger partial charge in [0, 0.05) is 11.8 Å². The van der Waals surface area contributed by atoms with Crippen LogP contribution >= 0.6 is 0 Å². The summed E-state index contributed by atoms with van der Waals surface area (Å²) in [5, 5.41) is 2.82. The largest absolute Gasteiger partial charge is 0.497 e. The summed E-state index contributed by atoms with van der Waals surface area (Å²) in [5.41, 5.74) is 3.03. The first-order valence-electron chi connectivity index (χ1n) is 9.41. The van der Waals surface area contributed by atoms with Gasteiger partial charge in [0.15, 0.2) is 6.61 Å². The van der Waals surface area contributed by atoms with Crippen LogP contribution in [-0.4, -0.2) is 32.7 Å². The van der Waals surface area contributed by atoms with Crippen LogP contribution in [0, 0.1) is 0 Å². The van der Waals surface area contributed by atoms with E-state index in [-0.39, 0.29) is 5.56 Å². The first-order valence-corrected chi connectivity index (χ1v) is 9.41. The molecule has 0 aliphatic rings. The molecule has 1 amide bonds. The second kappa shape index (κ2) is 10.1. The van der Waals surface area contributed by atoms with Crippen LogP contribution in [0.1, 0.15) is 21.5 Å². The number of benzene rings is 3. The van der Waals surface area contributed by atoms with E-state index >= 15 is 0 Å². The summed E-state index contributed by atoms with van der Waals surface area (Å²) in [7, 11) is 2.98. The highest BCUT2D eigenvalue weighted by Gasteiger charge is 2.14. The lowest BCUT2D eigenvalue weighted by molar-refractivity contribution is -0.119. The smallest absolute Gasteiger partial charge is 0.338 e. The number of nitrogens with one attached hydrogen (secondary N) is 1. The maximum Gasteiger partial charge on any atom is 0.338 e. The standard InChI is InChI=1S/C24H23NO5/c1-28-20-13-19(14-21(15-20)29-2)24(27)30-16-23(26)25-22-11-7-6-10-18(22)12-17-8-4-3-5-9-17/h3-11,13-15H,12,16H2,1-2H3,(H,25,26). The lowest BCUT2D eigenvalue weighted by Crippen LogP contribution is -2.21. The fraction of sp³-hybridized carbons (Fsp3) is 0.167. The molecule has 0 saturated heterocycles. The fourth-order valence-electron chi connectivity index (χ4n) is 2.94. The molecule has 0 radical (unpaired) electrons. The number of rotatable bonds is 8. The zero-order chi connectivity index (χ0) is 21.3. The number of carbonyl (C=O) groups excluding carboxylic acids is 2. The van der Waals surface area contributed by atoms with Crippen molar-refractivity contribution in [2.75, 3.05) is 26.1 Å². The SMILES string of the molecule is COc1cc(OC)cc(C(=O)OCC(=O)Nc2ccccc2Cc2ccccc2)c1. The third-order valence-corrected chi connectivity index (χ3v) is 4.45. The first-order chi connectivity index (χ1) is 14.6. The topological polar surface area (TPSA) is 73.9 Å². The summed E-state index contributed by atoms with van der Waals surface area (Å²) in [6.45, 7) is -0.405. The monoisotopic (exact) mass is 405 g/mol. The molecular formula is C24H23NO5. The summed E-state index contributed by atoms with van der Waals surface area (Å²) < 4.78 is 15.5. The molecule has 0 aromatic heterocycles. The van der Waals surface area contributed by atoms with Gasteiger partial charge in [-0.1, -0.05) is 48.5 Å².